The van der Waals surface area contributed by atoms with Gasteiger partial charge in [-0.15, -0.1) is 0 Å². The van der Waals surface area contributed by atoms with Crippen molar-refractivity contribution in [3.05, 3.63) is 23.3 Å². The van der Waals surface area contributed by atoms with Gasteiger partial charge in [0, 0.05) is 44.9 Å². The Morgan fingerprint density at radius 1 is 0.944 bits per heavy atom. The van der Waals surface area contributed by atoms with Crippen molar-refractivity contribution in [1.82, 2.24) is 4.90 Å². The van der Waals surface area contributed by atoms with Gasteiger partial charge < -0.3 is 39.2 Å². The summed E-state index contributed by atoms with van der Waals surface area (Å²) in [6.07, 6.45) is 5.70. The van der Waals surface area contributed by atoms with E-state index in [0.717, 1.165) is 5.57 Å². The Bertz CT molecular complexity index is 1380. The van der Waals surface area contributed by atoms with Crippen molar-refractivity contribution in [2.45, 2.75) is 167 Å². The molecule has 0 radical (unpaired) electrons. The minimum atomic E-state index is -2.40. The van der Waals surface area contributed by atoms with Crippen LogP contribution in [0.4, 0.5) is 0 Å². The van der Waals surface area contributed by atoms with Crippen molar-refractivity contribution >= 4 is 23.4 Å². The van der Waals surface area contributed by atoms with E-state index in [-0.39, 0.29) is 43.1 Å². The average molecular weight is 762 g/mol. The second kappa shape index (κ2) is 19.6. The lowest BCUT2D eigenvalue weighted by molar-refractivity contribution is -0.278. The number of carbonyl (C=O) groups is 4. The molecule has 2 saturated heterocycles. The minimum absolute atomic E-state index is 0.0123. The summed E-state index contributed by atoms with van der Waals surface area (Å²) in [5.41, 5.74) is 1.70. The van der Waals surface area contributed by atoms with E-state index in [9.17, 15) is 34.5 Å². The van der Waals surface area contributed by atoms with Gasteiger partial charge in [0.05, 0.1) is 30.5 Å². The fraction of sp³-hybridized carbons (Fsp3) is 0.810. The molecule has 0 aromatic rings. The maximum Gasteiger partial charge on any atom is 0.329 e. The van der Waals surface area contributed by atoms with Crippen LogP contribution in [0.1, 0.15) is 119 Å². The Morgan fingerprint density at radius 2 is 1.65 bits per heavy atom. The number of methoxy groups -OCH3 is 2. The van der Waals surface area contributed by atoms with E-state index in [0.29, 0.717) is 69.8 Å². The third-order valence-electron chi connectivity index (χ3n) is 12.6. The highest BCUT2D eigenvalue weighted by Crippen LogP contribution is 2.38. The van der Waals surface area contributed by atoms with Crippen LogP contribution in [0.15, 0.2) is 23.3 Å². The summed E-state index contributed by atoms with van der Waals surface area (Å²) in [4.78, 5) is 57.3. The number of ether oxygens (including phenoxy) is 4. The number of amides is 1. The van der Waals surface area contributed by atoms with Gasteiger partial charge in [-0.2, -0.15) is 0 Å². The van der Waals surface area contributed by atoms with Crippen LogP contribution in [0, 0.1) is 29.6 Å². The number of hydrogen-bond acceptors (Lipinski definition) is 11. The molecule has 0 aromatic heterocycles. The third kappa shape index (κ3) is 10.5. The molecule has 54 heavy (non-hydrogen) atoms. The molecule has 0 spiro atoms. The van der Waals surface area contributed by atoms with Crippen molar-refractivity contribution in [2.24, 2.45) is 29.6 Å². The second-order valence-electron chi connectivity index (χ2n) is 16.8. The van der Waals surface area contributed by atoms with E-state index in [2.05, 4.69) is 6.92 Å². The van der Waals surface area contributed by atoms with Crippen LogP contribution in [0.25, 0.3) is 0 Å². The number of allylic oxidation sites excluding steroid dienone is 3. The number of Topliss-reactive ketones (excluding diaryl/α,β-unsaturated/α-hetero) is 2. The molecule has 3 aliphatic heterocycles. The standard InChI is InChI=1S/C42H67NO11/c1-9-30-19-24(2)18-25(3)20-37(52-8)35-16-13-27(5)42(50,54-35)39(47)40(48)43-17-11-10-12-31(43)41(49)53-38(28(6)33(45)23-34(30)46)26(4)21-29-14-15-32(44)36(22-29)51-7/h19,21,25,27-33,35-38,44-45,50H,9-18,20,22-23H2,1-8H3/b24-19+,26-21+/t25-,27+,28+,29-,30+,31-,32+,33-,35-,36+,37-,38+,42+/m0/s1. The van der Waals surface area contributed by atoms with Gasteiger partial charge in [-0.25, -0.2) is 4.79 Å². The molecule has 4 rings (SSSR count). The summed E-state index contributed by atoms with van der Waals surface area (Å²) in [6.45, 7) is 11.4. The summed E-state index contributed by atoms with van der Waals surface area (Å²) in [5, 5.41) is 33.9. The number of nitrogens with zero attached hydrogens (tertiary/aromatic N) is 1. The Morgan fingerprint density at radius 3 is 2.31 bits per heavy atom. The molecule has 1 saturated carbocycles. The highest BCUT2D eigenvalue weighted by atomic mass is 16.7. The largest absolute Gasteiger partial charge is 0.456 e. The van der Waals surface area contributed by atoms with Crippen molar-refractivity contribution in [1.29, 1.82) is 0 Å². The molecule has 12 nitrogen and oxygen atoms in total. The third-order valence-corrected chi connectivity index (χ3v) is 12.6. The van der Waals surface area contributed by atoms with Crippen LogP contribution in [0.5, 0.6) is 0 Å². The van der Waals surface area contributed by atoms with E-state index >= 15 is 0 Å². The van der Waals surface area contributed by atoms with Crippen LogP contribution < -0.4 is 0 Å². The summed E-state index contributed by atoms with van der Waals surface area (Å²) < 4.78 is 23.8. The number of cyclic esters (lactones) is 1. The molecule has 0 unspecified atom stereocenters. The van der Waals surface area contributed by atoms with Gasteiger partial charge in [0.25, 0.3) is 11.7 Å². The molecule has 3 heterocycles. The van der Waals surface area contributed by atoms with Crippen molar-refractivity contribution in [3.63, 3.8) is 0 Å². The van der Waals surface area contributed by atoms with Crippen molar-refractivity contribution in [2.75, 3.05) is 20.8 Å². The normalized spacial score (nSPS) is 41.3. The molecule has 306 valence electrons. The zero-order valence-electron chi connectivity index (χ0n) is 33.8. The molecule has 12 heteroatoms. The van der Waals surface area contributed by atoms with Gasteiger partial charge in [0.15, 0.2) is 0 Å². The number of rotatable bonds is 5. The summed E-state index contributed by atoms with van der Waals surface area (Å²) in [5.74, 6) is -7.01. The fourth-order valence-corrected chi connectivity index (χ4v) is 9.12. The van der Waals surface area contributed by atoms with Gasteiger partial charge in [-0.05, 0) is 102 Å². The lowest BCUT2D eigenvalue weighted by Crippen LogP contribution is -2.61. The predicted molar refractivity (Wildman–Crippen MR) is 202 cm³/mol. The molecule has 1 amide bonds. The molecule has 0 aromatic carbocycles. The first-order valence-corrected chi connectivity index (χ1v) is 20.3. The van der Waals surface area contributed by atoms with E-state index in [4.69, 9.17) is 18.9 Å². The number of aliphatic hydroxyl groups excluding tert-OH is 2. The summed E-state index contributed by atoms with van der Waals surface area (Å²) in [6, 6.07) is -1.10. The van der Waals surface area contributed by atoms with Crippen LogP contribution in [-0.2, 0) is 38.1 Å². The lowest BCUT2D eigenvalue weighted by Gasteiger charge is -2.44. The molecule has 13 atom stereocenters. The van der Waals surface area contributed by atoms with Crippen molar-refractivity contribution in [3.8, 4) is 0 Å². The number of ketones is 2. The molecular weight excluding hydrogens is 694 g/mol. The summed E-state index contributed by atoms with van der Waals surface area (Å²) >= 11 is 0. The maximum absolute atomic E-state index is 14.2. The zero-order valence-corrected chi connectivity index (χ0v) is 33.8. The zero-order chi connectivity index (χ0) is 39.9. The number of piperidine rings is 1. The van der Waals surface area contributed by atoms with Crippen LogP contribution in [0.2, 0.25) is 0 Å². The molecule has 3 fully saturated rings. The van der Waals surface area contributed by atoms with E-state index in [1.54, 1.807) is 28.1 Å². The molecule has 3 N–H and O–H groups in total. The Hall–Kier alpha value is -2.48. The van der Waals surface area contributed by atoms with E-state index in [1.165, 1.54) is 4.90 Å². The summed E-state index contributed by atoms with van der Waals surface area (Å²) in [7, 11) is 3.13. The minimum Gasteiger partial charge on any atom is -0.456 e. The van der Waals surface area contributed by atoms with Gasteiger partial charge >= 0.3 is 5.97 Å². The number of fused-ring (bicyclic) bond motifs is 3. The Balaban J connectivity index is 1.74. The topological polar surface area (TPSA) is 169 Å². The Kier molecular flexibility index (Phi) is 16.0. The number of hydrogen-bond donors (Lipinski definition) is 3. The van der Waals surface area contributed by atoms with E-state index in [1.807, 2.05) is 32.9 Å². The van der Waals surface area contributed by atoms with Crippen molar-refractivity contribution < 1.29 is 53.4 Å². The second-order valence-corrected chi connectivity index (χ2v) is 16.8. The number of esters is 1. The molecule has 2 bridgehead atoms. The first-order chi connectivity index (χ1) is 25.5. The molecule has 1 aliphatic carbocycles. The fourth-order valence-electron chi connectivity index (χ4n) is 9.12. The first-order valence-electron chi connectivity index (χ1n) is 20.3. The van der Waals surface area contributed by atoms with Crippen LogP contribution in [0.3, 0.4) is 0 Å². The first kappa shape index (κ1) is 44.2. The van der Waals surface area contributed by atoms with Gasteiger partial charge in [-0.3, -0.25) is 14.4 Å². The monoisotopic (exact) mass is 761 g/mol. The molecule has 4 aliphatic rings. The lowest BCUT2D eigenvalue weighted by atomic mass is 9.81. The number of aliphatic hydroxyl groups is 3. The predicted octanol–water partition coefficient (Wildman–Crippen LogP) is 4.85. The van der Waals surface area contributed by atoms with Gasteiger partial charge in [-0.1, -0.05) is 45.4 Å². The Labute approximate surface area is 322 Å². The SMILES string of the molecule is CC[C@@H]1/C=C(\C)C[C@H](C)C[C@H](OC)[C@@H]2CC[C@@H](C)[C@@](O)(O2)C(=O)C(=O)N2CCCC[C@H]2C(=O)O[C@H](/C(C)=C/[C@@H]2CC[C@@H](O)[C@H](OC)C2)[C@H](C)[C@@H](O)CC1=O. The van der Waals surface area contributed by atoms with Gasteiger partial charge in [0.2, 0.25) is 5.79 Å². The maximum atomic E-state index is 14.2. The quantitative estimate of drug-likeness (QED) is 0.199. The highest BCUT2D eigenvalue weighted by Gasteiger charge is 2.54. The van der Waals surface area contributed by atoms with Crippen LogP contribution >= 0.6 is 0 Å². The van der Waals surface area contributed by atoms with Crippen LogP contribution in [-0.4, -0.2) is 113 Å². The number of carbonyl (C=O) groups excluding carboxylic acids is 4. The highest BCUT2D eigenvalue weighted by molar-refractivity contribution is 6.39. The average Bonchev–Trinajstić information content (AvgIpc) is 3.15. The van der Waals surface area contributed by atoms with E-state index < -0.39 is 77.8 Å². The smallest absolute Gasteiger partial charge is 0.329 e. The molecular formula is C42H67NO11. The van der Waals surface area contributed by atoms with Gasteiger partial charge in [0.1, 0.15) is 17.9 Å².